The number of likely N-dealkylation sites (tertiary alicyclic amines) is 1. The summed E-state index contributed by atoms with van der Waals surface area (Å²) in [6.45, 7) is 1.26. The van der Waals surface area contributed by atoms with Crippen LogP contribution in [0.15, 0.2) is 54.6 Å². The smallest absolute Gasteiger partial charge is 0.256 e. The highest BCUT2D eigenvalue weighted by molar-refractivity contribution is 5.86. The van der Waals surface area contributed by atoms with Crippen molar-refractivity contribution in [1.29, 1.82) is 0 Å². The van der Waals surface area contributed by atoms with Crippen molar-refractivity contribution in [2.45, 2.75) is 43.4 Å². The van der Waals surface area contributed by atoms with Gasteiger partial charge >= 0.3 is 0 Å². The molecule has 0 radical (unpaired) electrons. The van der Waals surface area contributed by atoms with Crippen molar-refractivity contribution in [3.63, 3.8) is 0 Å². The van der Waals surface area contributed by atoms with Gasteiger partial charge in [0.25, 0.3) is 5.91 Å². The van der Waals surface area contributed by atoms with E-state index in [1.807, 2.05) is 18.2 Å². The second-order valence-electron chi connectivity index (χ2n) is 7.79. The Morgan fingerprint density at radius 1 is 1.04 bits per heavy atom. The molecule has 4 nitrogen and oxygen atoms in total. The zero-order valence-electron chi connectivity index (χ0n) is 15.3. The molecule has 1 aliphatic heterocycles. The number of hydrogen-bond donors (Lipinski definition) is 2. The van der Waals surface area contributed by atoms with Gasteiger partial charge in [-0.25, -0.2) is 4.39 Å². The zero-order valence-corrected chi connectivity index (χ0v) is 15.3. The average molecular weight is 368 g/mol. The molecule has 0 aromatic heterocycles. The summed E-state index contributed by atoms with van der Waals surface area (Å²) in [5.74, 6) is -0.533. The number of aliphatic hydroxyl groups is 1. The van der Waals surface area contributed by atoms with Crippen LogP contribution in [0.3, 0.4) is 0 Å². The van der Waals surface area contributed by atoms with Crippen LogP contribution in [0.4, 0.5) is 4.39 Å². The fourth-order valence-corrected chi connectivity index (χ4v) is 3.96. The second kappa shape index (κ2) is 7.06. The van der Waals surface area contributed by atoms with Crippen molar-refractivity contribution < 1.29 is 14.3 Å². The summed E-state index contributed by atoms with van der Waals surface area (Å²) in [5, 5.41) is 14.5. The van der Waals surface area contributed by atoms with Crippen LogP contribution in [0.5, 0.6) is 0 Å². The molecule has 0 bridgehead atoms. The van der Waals surface area contributed by atoms with Crippen LogP contribution in [0, 0.1) is 5.82 Å². The molecule has 2 aromatic rings. The average Bonchev–Trinajstić information content (AvgIpc) is 3.48. The van der Waals surface area contributed by atoms with E-state index < -0.39 is 5.60 Å². The van der Waals surface area contributed by atoms with Crippen LogP contribution in [-0.4, -0.2) is 34.6 Å². The van der Waals surface area contributed by atoms with E-state index in [4.69, 9.17) is 0 Å². The van der Waals surface area contributed by atoms with Crippen LogP contribution in [-0.2, 0) is 16.9 Å². The summed E-state index contributed by atoms with van der Waals surface area (Å²) < 4.78 is 13.1. The van der Waals surface area contributed by atoms with E-state index in [9.17, 15) is 14.3 Å². The lowest BCUT2D eigenvalue weighted by atomic mass is 9.90. The second-order valence-corrected chi connectivity index (χ2v) is 7.79. The number of halogens is 1. The Hall–Kier alpha value is -2.24. The number of piperidine rings is 1. The highest BCUT2D eigenvalue weighted by Gasteiger charge is 2.48. The van der Waals surface area contributed by atoms with Crippen molar-refractivity contribution in [3.05, 3.63) is 71.5 Å². The van der Waals surface area contributed by atoms with E-state index >= 15 is 0 Å². The van der Waals surface area contributed by atoms with E-state index in [1.165, 1.54) is 17.7 Å². The molecule has 1 heterocycles. The zero-order chi connectivity index (χ0) is 18.9. The van der Waals surface area contributed by atoms with E-state index in [-0.39, 0.29) is 23.8 Å². The minimum atomic E-state index is -1.39. The van der Waals surface area contributed by atoms with Crippen LogP contribution in [0.1, 0.15) is 36.8 Å². The van der Waals surface area contributed by atoms with Gasteiger partial charge in [0.05, 0.1) is 0 Å². The predicted octanol–water partition coefficient (Wildman–Crippen LogP) is 2.96. The molecule has 2 aromatic carbocycles. The van der Waals surface area contributed by atoms with Crippen molar-refractivity contribution in [3.8, 4) is 0 Å². The van der Waals surface area contributed by atoms with E-state index in [0.29, 0.717) is 19.5 Å². The Morgan fingerprint density at radius 3 is 2.41 bits per heavy atom. The number of rotatable bonds is 6. The summed E-state index contributed by atoms with van der Waals surface area (Å²) >= 11 is 0. The lowest BCUT2D eigenvalue weighted by Gasteiger charge is -2.39. The molecule has 2 aliphatic rings. The highest BCUT2D eigenvalue weighted by atomic mass is 19.1. The number of carbonyl (C=O) groups excluding carboxylic acids is 1. The Morgan fingerprint density at radius 2 is 1.74 bits per heavy atom. The Labute approximate surface area is 159 Å². The maximum atomic E-state index is 13.1. The van der Waals surface area contributed by atoms with Gasteiger partial charge in [-0.15, -0.1) is 0 Å². The Balaban J connectivity index is 1.42. The topological polar surface area (TPSA) is 52.6 Å². The number of hydrogen-bond acceptors (Lipinski definition) is 3. The highest BCUT2D eigenvalue weighted by Crippen LogP contribution is 2.45. The quantitative estimate of drug-likeness (QED) is 0.824. The van der Waals surface area contributed by atoms with Gasteiger partial charge in [0.1, 0.15) is 5.82 Å². The number of nitrogens with one attached hydrogen (secondary N) is 1. The molecule has 5 heteroatoms. The molecule has 1 saturated carbocycles. The van der Waals surface area contributed by atoms with Gasteiger partial charge in [-0.2, -0.15) is 0 Å². The maximum Gasteiger partial charge on any atom is 0.256 e. The van der Waals surface area contributed by atoms with E-state index in [0.717, 1.165) is 24.8 Å². The summed E-state index contributed by atoms with van der Waals surface area (Å²) in [6.07, 6.45) is 3.24. The molecule has 1 atom stereocenters. The lowest BCUT2D eigenvalue weighted by Crippen LogP contribution is -2.58. The number of nitrogens with zero attached hydrogens (tertiary/aromatic N) is 1. The monoisotopic (exact) mass is 368 g/mol. The standard InChI is InChI=1S/C22H25FN2O2/c23-19-9-7-17(8-10-19)15-25-14-4-11-22(27,20(25)26)16-24-21(12-13-21)18-5-2-1-3-6-18/h1-3,5-10,24,27H,4,11-16H2/t22-/m1/s1. The third kappa shape index (κ3) is 3.75. The van der Waals surface area contributed by atoms with Crippen LogP contribution >= 0.6 is 0 Å². The number of carbonyl (C=O) groups is 1. The number of benzene rings is 2. The first-order valence-corrected chi connectivity index (χ1v) is 9.58. The minimum Gasteiger partial charge on any atom is -0.379 e. The molecule has 0 unspecified atom stereocenters. The minimum absolute atomic E-state index is 0.115. The SMILES string of the molecule is O=C1N(Cc2ccc(F)cc2)CCC[C@@]1(O)CNC1(c2ccccc2)CC1. The molecular weight excluding hydrogens is 343 g/mol. The van der Waals surface area contributed by atoms with Crippen LogP contribution in [0.25, 0.3) is 0 Å². The Kier molecular flexibility index (Phi) is 4.74. The lowest BCUT2D eigenvalue weighted by molar-refractivity contribution is -0.157. The first-order valence-electron chi connectivity index (χ1n) is 9.58. The first kappa shape index (κ1) is 18.1. The molecule has 142 valence electrons. The third-order valence-corrected chi connectivity index (χ3v) is 5.79. The van der Waals surface area contributed by atoms with Gasteiger partial charge in [-0.05, 0) is 48.9 Å². The van der Waals surface area contributed by atoms with Gasteiger partial charge in [0.15, 0.2) is 5.60 Å². The molecule has 1 saturated heterocycles. The molecule has 0 spiro atoms. The molecule has 1 amide bonds. The molecule has 2 N–H and O–H groups in total. The number of amides is 1. The summed E-state index contributed by atoms with van der Waals surface area (Å²) in [7, 11) is 0. The van der Waals surface area contributed by atoms with Gasteiger partial charge in [0, 0.05) is 25.2 Å². The van der Waals surface area contributed by atoms with E-state index in [1.54, 1.807) is 17.0 Å². The van der Waals surface area contributed by atoms with Crippen LogP contribution in [0.2, 0.25) is 0 Å². The van der Waals surface area contributed by atoms with Crippen molar-refractivity contribution in [1.82, 2.24) is 10.2 Å². The van der Waals surface area contributed by atoms with Crippen LogP contribution < -0.4 is 5.32 Å². The Bertz CT molecular complexity index is 805. The third-order valence-electron chi connectivity index (χ3n) is 5.79. The van der Waals surface area contributed by atoms with E-state index in [2.05, 4.69) is 17.4 Å². The fraction of sp³-hybridized carbons (Fsp3) is 0.409. The summed E-state index contributed by atoms with van der Waals surface area (Å²) in [6, 6.07) is 16.4. The molecule has 27 heavy (non-hydrogen) atoms. The maximum absolute atomic E-state index is 13.1. The summed E-state index contributed by atoms with van der Waals surface area (Å²) in [4.78, 5) is 14.6. The molecule has 4 rings (SSSR count). The molecule has 2 fully saturated rings. The van der Waals surface area contributed by atoms with Gasteiger partial charge in [-0.3, -0.25) is 4.79 Å². The van der Waals surface area contributed by atoms with Gasteiger partial charge < -0.3 is 15.3 Å². The normalized spacial score (nSPS) is 24.1. The summed E-state index contributed by atoms with van der Waals surface area (Å²) in [5.41, 5.74) is 0.573. The fourth-order valence-electron chi connectivity index (χ4n) is 3.96. The predicted molar refractivity (Wildman–Crippen MR) is 101 cm³/mol. The van der Waals surface area contributed by atoms with Crippen molar-refractivity contribution in [2.24, 2.45) is 0 Å². The van der Waals surface area contributed by atoms with Gasteiger partial charge in [0.2, 0.25) is 0 Å². The molecular formula is C22H25FN2O2. The largest absolute Gasteiger partial charge is 0.379 e. The van der Waals surface area contributed by atoms with Crippen molar-refractivity contribution in [2.75, 3.05) is 13.1 Å². The molecule has 1 aliphatic carbocycles. The van der Waals surface area contributed by atoms with Gasteiger partial charge in [-0.1, -0.05) is 42.5 Å². The first-order chi connectivity index (χ1) is 13.0. The van der Waals surface area contributed by atoms with Crippen molar-refractivity contribution >= 4 is 5.91 Å².